The Morgan fingerprint density at radius 2 is 2.29 bits per heavy atom. The fraction of sp³-hybridized carbons (Fsp3) is 1.00. The van der Waals surface area contributed by atoms with Gasteiger partial charge in [-0.3, -0.25) is 0 Å². The van der Waals surface area contributed by atoms with Gasteiger partial charge >= 0.3 is 0 Å². The monoisotopic (exact) mass is 201 g/mol. The van der Waals surface area contributed by atoms with Gasteiger partial charge in [0.2, 0.25) is 0 Å². The topological polar surface area (TPSA) is 30.5 Å². The molecule has 1 aliphatic rings. The summed E-state index contributed by atoms with van der Waals surface area (Å²) in [6.07, 6.45) is 2.49. The van der Waals surface area contributed by atoms with Crippen LogP contribution >= 0.6 is 0 Å². The lowest BCUT2D eigenvalue weighted by Gasteiger charge is -2.36. The van der Waals surface area contributed by atoms with Gasteiger partial charge in [0.25, 0.3) is 0 Å². The largest absolute Gasteiger partial charge is 0.380 e. The van der Waals surface area contributed by atoms with Crippen LogP contribution < -0.4 is 5.32 Å². The van der Waals surface area contributed by atoms with Crippen LogP contribution in [0.2, 0.25) is 0 Å². The van der Waals surface area contributed by atoms with Gasteiger partial charge in [-0.15, -0.1) is 0 Å². The Labute approximate surface area is 87.2 Å². The molecule has 1 saturated heterocycles. The van der Waals surface area contributed by atoms with Gasteiger partial charge in [0.05, 0.1) is 11.7 Å². The summed E-state index contributed by atoms with van der Waals surface area (Å²) in [7, 11) is 1.75. The highest BCUT2D eigenvalue weighted by Gasteiger charge is 2.28. The van der Waals surface area contributed by atoms with E-state index in [0.29, 0.717) is 12.1 Å². The summed E-state index contributed by atoms with van der Waals surface area (Å²) in [5.41, 5.74) is 0.0340. The standard InChI is InChI=1S/C11H23NO2/c1-9(13-4)8-12-10-5-6-14-11(2,3)7-10/h9-10,12H,5-8H2,1-4H3. The first-order chi connectivity index (χ1) is 6.53. The van der Waals surface area contributed by atoms with Crippen molar-refractivity contribution in [3.8, 4) is 0 Å². The Balaban J connectivity index is 2.24. The molecule has 0 bridgehead atoms. The van der Waals surface area contributed by atoms with E-state index in [0.717, 1.165) is 26.0 Å². The molecule has 0 radical (unpaired) electrons. The molecule has 14 heavy (non-hydrogen) atoms. The smallest absolute Gasteiger partial charge is 0.0667 e. The predicted molar refractivity (Wildman–Crippen MR) is 57.5 cm³/mol. The van der Waals surface area contributed by atoms with Crippen LogP contribution in [-0.2, 0) is 9.47 Å². The van der Waals surface area contributed by atoms with Crippen molar-refractivity contribution in [3.05, 3.63) is 0 Å². The van der Waals surface area contributed by atoms with Gasteiger partial charge in [0, 0.05) is 26.3 Å². The second kappa shape index (κ2) is 5.10. The number of methoxy groups -OCH3 is 1. The Morgan fingerprint density at radius 3 is 2.86 bits per heavy atom. The van der Waals surface area contributed by atoms with Crippen molar-refractivity contribution < 1.29 is 9.47 Å². The van der Waals surface area contributed by atoms with Crippen LogP contribution in [-0.4, -0.2) is 38.0 Å². The summed E-state index contributed by atoms with van der Waals surface area (Å²) >= 11 is 0. The maximum Gasteiger partial charge on any atom is 0.0667 e. The van der Waals surface area contributed by atoms with Gasteiger partial charge in [0.1, 0.15) is 0 Å². The normalized spacial score (nSPS) is 28.7. The second-order valence-corrected chi connectivity index (χ2v) is 4.75. The molecule has 1 rings (SSSR count). The molecular weight excluding hydrogens is 178 g/mol. The molecule has 0 aromatic carbocycles. The lowest BCUT2D eigenvalue weighted by Crippen LogP contribution is -2.45. The molecule has 2 unspecified atom stereocenters. The molecule has 0 aliphatic carbocycles. The molecule has 0 aromatic heterocycles. The molecule has 0 amide bonds. The number of rotatable bonds is 4. The third-order valence-corrected chi connectivity index (χ3v) is 2.79. The lowest BCUT2D eigenvalue weighted by molar-refractivity contribution is -0.0640. The van der Waals surface area contributed by atoms with Crippen molar-refractivity contribution in [1.82, 2.24) is 5.32 Å². The molecular formula is C11H23NO2. The minimum absolute atomic E-state index is 0.0340. The van der Waals surface area contributed by atoms with E-state index in [1.807, 2.05) is 0 Å². The van der Waals surface area contributed by atoms with Crippen molar-refractivity contribution in [2.24, 2.45) is 0 Å². The zero-order valence-electron chi connectivity index (χ0n) is 9.80. The molecule has 1 aliphatic heterocycles. The predicted octanol–water partition coefficient (Wildman–Crippen LogP) is 1.57. The van der Waals surface area contributed by atoms with Crippen LogP contribution in [0, 0.1) is 0 Å². The quantitative estimate of drug-likeness (QED) is 0.749. The van der Waals surface area contributed by atoms with Crippen LogP contribution in [0.1, 0.15) is 33.6 Å². The molecule has 3 nitrogen and oxygen atoms in total. The Hall–Kier alpha value is -0.120. The zero-order chi connectivity index (χ0) is 10.6. The summed E-state index contributed by atoms with van der Waals surface area (Å²) in [6.45, 7) is 8.18. The molecule has 3 heteroatoms. The van der Waals surface area contributed by atoms with Crippen LogP contribution in [0.4, 0.5) is 0 Å². The number of hydrogen-bond acceptors (Lipinski definition) is 3. The second-order valence-electron chi connectivity index (χ2n) is 4.75. The van der Waals surface area contributed by atoms with Crippen LogP contribution in [0.15, 0.2) is 0 Å². The first-order valence-corrected chi connectivity index (χ1v) is 5.43. The van der Waals surface area contributed by atoms with E-state index in [9.17, 15) is 0 Å². The summed E-state index contributed by atoms with van der Waals surface area (Å²) < 4.78 is 10.9. The third kappa shape index (κ3) is 3.95. The van der Waals surface area contributed by atoms with Crippen molar-refractivity contribution in [2.75, 3.05) is 20.3 Å². The minimum Gasteiger partial charge on any atom is -0.380 e. The van der Waals surface area contributed by atoms with Crippen molar-refractivity contribution >= 4 is 0 Å². The van der Waals surface area contributed by atoms with E-state index in [1.165, 1.54) is 0 Å². The highest BCUT2D eigenvalue weighted by Crippen LogP contribution is 2.23. The molecule has 1 fully saturated rings. The average molecular weight is 201 g/mol. The molecule has 0 saturated carbocycles. The van der Waals surface area contributed by atoms with Gasteiger partial charge in [-0.2, -0.15) is 0 Å². The maximum absolute atomic E-state index is 5.66. The van der Waals surface area contributed by atoms with Crippen molar-refractivity contribution in [3.63, 3.8) is 0 Å². The Bertz CT molecular complexity index is 171. The van der Waals surface area contributed by atoms with Gasteiger partial charge in [0.15, 0.2) is 0 Å². The third-order valence-electron chi connectivity index (χ3n) is 2.79. The Morgan fingerprint density at radius 1 is 1.57 bits per heavy atom. The number of hydrogen-bond donors (Lipinski definition) is 1. The van der Waals surface area contributed by atoms with Crippen LogP contribution in [0.5, 0.6) is 0 Å². The highest BCUT2D eigenvalue weighted by atomic mass is 16.5. The van der Waals surface area contributed by atoms with E-state index < -0.39 is 0 Å². The number of ether oxygens (including phenoxy) is 2. The van der Waals surface area contributed by atoms with Crippen LogP contribution in [0.25, 0.3) is 0 Å². The van der Waals surface area contributed by atoms with Crippen LogP contribution in [0.3, 0.4) is 0 Å². The summed E-state index contributed by atoms with van der Waals surface area (Å²) in [5.74, 6) is 0. The molecule has 1 N–H and O–H groups in total. The SMILES string of the molecule is COC(C)CNC1CCOC(C)(C)C1. The first-order valence-electron chi connectivity index (χ1n) is 5.43. The van der Waals surface area contributed by atoms with Crippen molar-refractivity contribution in [1.29, 1.82) is 0 Å². The van der Waals surface area contributed by atoms with E-state index in [-0.39, 0.29) is 5.60 Å². The van der Waals surface area contributed by atoms with E-state index in [1.54, 1.807) is 7.11 Å². The van der Waals surface area contributed by atoms with E-state index in [4.69, 9.17) is 9.47 Å². The number of nitrogens with one attached hydrogen (secondary N) is 1. The average Bonchev–Trinajstić information content (AvgIpc) is 2.12. The van der Waals surface area contributed by atoms with Gasteiger partial charge in [-0.05, 0) is 33.6 Å². The minimum atomic E-state index is 0.0340. The molecule has 2 atom stereocenters. The van der Waals surface area contributed by atoms with Crippen molar-refractivity contribution in [2.45, 2.75) is 51.4 Å². The summed E-state index contributed by atoms with van der Waals surface area (Å²) in [4.78, 5) is 0. The van der Waals surface area contributed by atoms with Gasteiger partial charge < -0.3 is 14.8 Å². The lowest BCUT2D eigenvalue weighted by atomic mass is 9.94. The molecule has 0 aromatic rings. The zero-order valence-corrected chi connectivity index (χ0v) is 9.80. The maximum atomic E-state index is 5.66. The molecule has 1 heterocycles. The highest BCUT2D eigenvalue weighted by molar-refractivity contribution is 4.83. The Kier molecular flexibility index (Phi) is 4.35. The van der Waals surface area contributed by atoms with Gasteiger partial charge in [-0.1, -0.05) is 0 Å². The molecule has 0 spiro atoms. The first kappa shape index (κ1) is 12.0. The molecule has 84 valence electrons. The summed E-state index contributed by atoms with van der Waals surface area (Å²) in [6, 6.07) is 0.580. The summed E-state index contributed by atoms with van der Waals surface area (Å²) in [5, 5.41) is 3.52. The fourth-order valence-electron chi connectivity index (χ4n) is 1.82. The van der Waals surface area contributed by atoms with E-state index >= 15 is 0 Å². The fourth-order valence-corrected chi connectivity index (χ4v) is 1.82. The van der Waals surface area contributed by atoms with E-state index in [2.05, 4.69) is 26.1 Å². The van der Waals surface area contributed by atoms with Gasteiger partial charge in [-0.25, -0.2) is 0 Å².